The van der Waals surface area contributed by atoms with E-state index in [1.807, 2.05) is 4.90 Å². The molecule has 2 fully saturated rings. The van der Waals surface area contributed by atoms with Gasteiger partial charge in [0.1, 0.15) is 0 Å². The van der Waals surface area contributed by atoms with Gasteiger partial charge in [0, 0.05) is 25.9 Å². The molecule has 0 aromatic heterocycles. The largest absolute Gasteiger partial charge is 0.465 e. The zero-order chi connectivity index (χ0) is 43.4. The van der Waals surface area contributed by atoms with Gasteiger partial charge in [-0.2, -0.15) is 0 Å². The molecule has 0 saturated carbocycles. The maximum Gasteiger partial charge on any atom is 0.308 e. The van der Waals surface area contributed by atoms with Crippen molar-refractivity contribution in [3.8, 4) is 0 Å². The van der Waals surface area contributed by atoms with Crippen LogP contribution in [0.1, 0.15) is 239 Å². The van der Waals surface area contributed by atoms with Gasteiger partial charge in [0.15, 0.2) is 0 Å². The Kier molecular flexibility index (Phi) is 34.0. The minimum Gasteiger partial charge on any atom is -0.465 e. The first-order valence-electron chi connectivity index (χ1n) is 26.4. The molecule has 2 rings (SSSR count). The fourth-order valence-corrected chi connectivity index (χ4v) is 9.09. The molecule has 1 atom stereocenters. The first kappa shape index (κ1) is 54.9. The maximum atomic E-state index is 13.4. The average molecular weight is 848 g/mol. The summed E-state index contributed by atoms with van der Waals surface area (Å²) in [6, 6.07) is 0. The lowest BCUT2D eigenvalue weighted by Crippen LogP contribution is -2.64. The highest BCUT2D eigenvalue weighted by Gasteiger charge is 2.52. The van der Waals surface area contributed by atoms with Gasteiger partial charge in [0.05, 0.1) is 38.3 Å². The number of ether oxygens (including phenoxy) is 3. The minimum absolute atomic E-state index is 0.00729. The van der Waals surface area contributed by atoms with Crippen molar-refractivity contribution in [1.82, 2.24) is 14.7 Å². The van der Waals surface area contributed by atoms with Crippen molar-refractivity contribution in [2.24, 2.45) is 5.92 Å². The smallest absolute Gasteiger partial charge is 0.308 e. The van der Waals surface area contributed by atoms with Crippen LogP contribution >= 0.6 is 0 Å². The van der Waals surface area contributed by atoms with Gasteiger partial charge < -0.3 is 28.9 Å². The predicted molar refractivity (Wildman–Crippen MR) is 254 cm³/mol. The summed E-state index contributed by atoms with van der Waals surface area (Å²) in [5.41, 5.74) is 0. The Hall–Kier alpha value is -1.22. The second kappa shape index (κ2) is 37.2. The number of esters is 1. The van der Waals surface area contributed by atoms with Crippen LogP contribution < -0.4 is 0 Å². The van der Waals surface area contributed by atoms with Crippen molar-refractivity contribution < 1.29 is 23.8 Å². The topological polar surface area (TPSA) is 71.6 Å². The van der Waals surface area contributed by atoms with E-state index in [9.17, 15) is 9.59 Å². The van der Waals surface area contributed by atoms with Crippen molar-refractivity contribution in [3.63, 3.8) is 0 Å². The Morgan fingerprint density at radius 1 is 0.583 bits per heavy atom. The van der Waals surface area contributed by atoms with Crippen molar-refractivity contribution in [1.29, 1.82) is 0 Å². The third-order valence-electron chi connectivity index (χ3n) is 13.3. The Bertz CT molecular complexity index is 970. The molecule has 0 N–H and O–H groups in total. The minimum atomic E-state index is -0.670. The molecule has 2 aliphatic rings. The van der Waals surface area contributed by atoms with Gasteiger partial charge in [-0.3, -0.25) is 9.59 Å². The van der Waals surface area contributed by atoms with Gasteiger partial charge in [-0.25, -0.2) is 0 Å². The molecule has 8 nitrogen and oxygen atoms in total. The average Bonchev–Trinajstić information content (AvgIpc) is 3.66. The molecule has 60 heavy (non-hydrogen) atoms. The van der Waals surface area contributed by atoms with Crippen molar-refractivity contribution >= 4 is 11.9 Å². The van der Waals surface area contributed by atoms with E-state index in [1.54, 1.807) is 0 Å². The number of unbranched alkanes of at least 4 members (excludes halogenated alkanes) is 28. The van der Waals surface area contributed by atoms with E-state index in [-0.39, 0.29) is 23.9 Å². The molecule has 0 bridgehead atoms. The van der Waals surface area contributed by atoms with Gasteiger partial charge >= 0.3 is 5.97 Å². The Balaban J connectivity index is 1.61. The maximum absolute atomic E-state index is 13.4. The number of likely N-dealkylation sites (tertiary alicyclic amines) is 1. The summed E-state index contributed by atoms with van der Waals surface area (Å²) in [5, 5.41) is 0. The van der Waals surface area contributed by atoms with Crippen LogP contribution in [0.5, 0.6) is 0 Å². The second-order valence-corrected chi connectivity index (χ2v) is 19.6. The summed E-state index contributed by atoms with van der Waals surface area (Å²) in [4.78, 5) is 32.6. The number of carbonyl (C=O) groups excluding carboxylic acids is 2. The monoisotopic (exact) mass is 848 g/mol. The Labute approximate surface area is 372 Å². The molecular weight excluding hydrogens is 747 g/mol. The van der Waals surface area contributed by atoms with E-state index in [4.69, 9.17) is 14.2 Å². The number of rotatable bonds is 43. The molecular formula is C52H101N3O5. The lowest BCUT2D eigenvalue weighted by atomic mass is 9.94. The van der Waals surface area contributed by atoms with Gasteiger partial charge in [-0.1, -0.05) is 206 Å². The highest BCUT2D eigenvalue weighted by molar-refractivity contribution is 5.77. The fourth-order valence-electron chi connectivity index (χ4n) is 9.09. The fraction of sp³-hybridized carbons (Fsp3) is 0.962. The summed E-state index contributed by atoms with van der Waals surface area (Å²) in [6.07, 6.45) is 44.7. The lowest BCUT2D eigenvalue weighted by molar-refractivity contribution is -0.244. The van der Waals surface area contributed by atoms with E-state index >= 15 is 0 Å². The zero-order valence-corrected chi connectivity index (χ0v) is 40.7. The molecule has 354 valence electrons. The Morgan fingerprint density at radius 2 is 1.00 bits per heavy atom. The third kappa shape index (κ3) is 28.5. The SMILES string of the molecule is CCCCCCCCCCCCCCCCCC(CCCCCCCCCCCCCCCCC)C(=O)OCCC1COC2(CN(C(=O)CCCN(C)CCN(C)C)C2)O1. The van der Waals surface area contributed by atoms with Gasteiger partial charge in [-0.05, 0) is 47.0 Å². The number of hydrogen-bond donors (Lipinski definition) is 0. The normalized spacial score (nSPS) is 16.2. The van der Waals surface area contributed by atoms with Crippen LogP contribution in [-0.2, 0) is 23.8 Å². The highest BCUT2D eigenvalue weighted by Crippen LogP contribution is 2.35. The number of hydrogen-bond acceptors (Lipinski definition) is 7. The van der Waals surface area contributed by atoms with E-state index in [0.717, 1.165) is 51.7 Å². The summed E-state index contributed by atoms with van der Waals surface area (Å²) >= 11 is 0. The van der Waals surface area contributed by atoms with Crippen LogP contribution in [0.25, 0.3) is 0 Å². The predicted octanol–water partition coefficient (Wildman–Crippen LogP) is 13.3. The zero-order valence-electron chi connectivity index (χ0n) is 40.7. The molecule has 0 aromatic rings. The van der Waals surface area contributed by atoms with E-state index in [1.165, 1.54) is 180 Å². The number of amides is 1. The first-order chi connectivity index (χ1) is 29.3. The summed E-state index contributed by atoms with van der Waals surface area (Å²) in [5.74, 6) is -0.483. The van der Waals surface area contributed by atoms with Gasteiger partial charge in [0.25, 0.3) is 0 Å². The van der Waals surface area contributed by atoms with E-state index in [2.05, 4.69) is 44.8 Å². The highest BCUT2D eigenvalue weighted by atomic mass is 16.8. The van der Waals surface area contributed by atoms with Crippen LogP contribution in [-0.4, -0.2) is 106 Å². The van der Waals surface area contributed by atoms with Gasteiger partial charge in [-0.15, -0.1) is 0 Å². The summed E-state index contributed by atoms with van der Waals surface area (Å²) < 4.78 is 18.3. The van der Waals surface area contributed by atoms with Crippen molar-refractivity contribution in [2.75, 3.05) is 67.1 Å². The second-order valence-electron chi connectivity index (χ2n) is 19.6. The molecule has 2 aliphatic heterocycles. The molecule has 0 radical (unpaired) electrons. The summed E-state index contributed by atoms with van der Waals surface area (Å²) in [6.45, 7) is 9.41. The number of nitrogens with zero attached hydrogens (tertiary/aromatic N) is 3. The first-order valence-corrected chi connectivity index (χ1v) is 26.4. The van der Waals surface area contributed by atoms with Crippen LogP contribution in [0, 0.1) is 5.92 Å². The summed E-state index contributed by atoms with van der Waals surface area (Å²) in [7, 11) is 6.29. The molecule has 8 heteroatoms. The Morgan fingerprint density at radius 3 is 1.42 bits per heavy atom. The molecule has 0 aromatic carbocycles. The van der Waals surface area contributed by atoms with Crippen LogP contribution in [0.15, 0.2) is 0 Å². The van der Waals surface area contributed by atoms with Crippen molar-refractivity contribution in [3.05, 3.63) is 0 Å². The van der Waals surface area contributed by atoms with Gasteiger partial charge in [0.2, 0.25) is 11.7 Å². The number of likely N-dealkylation sites (N-methyl/N-ethyl adjacent to an activating group) is 2. The quantitative estimate of drug-likeness (QED) is 0.0447. The third-order valence-corrected chi connectivity index (χ3v) is 13.3. The molecule has 1 spiro atoms. The standard InChI is InChI=1S/C52H101N3O5/c1-6-8-10-12-14-16-18-20-22-24-26-28-30-32-34-37-48(38-35-33-31-29-27-25-23-21-19-17-15-13-11-9-7-2)51(57)58-44-40-49-45-59-52(60-49)46-55(47-52)50(56)39-36-41-54(5)43-42-53(3)4/h48-49H,6-47H2,1-5H3. The van der Waals surface area contributed by atoms with E-state index in [0.29, 0.717) is 39.1 Å². The molecule has 1 amide bonds. The van der Waals surface area contributed by atoms with Crippen molar-refractivity contribution in [2.45, 2.75) is 250 Å². The number of carbonyl (C=O) groups is 2. The van der Waals surface area contributed by atoms with Crippen LogP contribution in [0.2, 0.25) is 0 Å². The molecule has 0 aliphatic carbocycles. The molecule has 2 saturated heterocycles. The van der Waals surface area contributed by atoms with E-state index < -0.39 is 5.79 Å². The lowest BCUT2D eigenvalue weighted by Gasteiger charge is -2.46. The van der Waals surface area contributed by atoms with Crippen LogP contribution in [0.3, 0.4) is 0 Å². The molecule has 2 heterocycles. The van der Waals surface area contributed by atoms with Crippen LogP contribution in [0.4, 0.5) is 0 Å². The molecule has 1 unspecified atom stereocenters.